The second kappa shape index (κ2) is 7.27. The van der Waals surface area contributed by atoms with Crippen LogP contribution in [0.25, 0.3) is 10.8 Å². The van der Waals surface area contributed by atoms with Crippen LogP contribution in [0.4, 0.5) is 5.69 Å². The van der Waals surface area contributed by atoms with Gasteiger partial charge in [0, 0.05) is 0 Å². The molecule has 2 amide bonds. The Bertz CT molecular complexity index is 1100. The second-order valence-electron chi connectivity index (χ2n) is 6.73. The highest BCUT2D eigenvalue weighted by Gasteiger charge is 2.37. The van der Waals surface area contributed by atoms with Crippen LogP contribution >= 0.6 is 0 Å². The van der Waals surface area contributed by atoms with Gasteiger partial charge in [0.15, 0.2) is 0 Å². The molecule has 3 aromatic carbocycles. The van der Waals surface area contributed by atoms with Crippen LogP contribution in [0.2, 0.25) is 0 Å². The molecule has 0 unspecified atom stereocenters. The van der Waals surface area contributed by atoms with Crippen molar-refractivity contribution in [3.8, 4) is 0 Å². The molecule has 0 saturated heterocycles. The summed E-state index contributed by atoms with van der Waals surface area (Å²) in [6.07, 6.45) is 1.70. The molecule has 0 fully saturated rings. The molecule has 0 aliphatic carbocycles. The lowest BCUT2D eigenvalue weighted by atomic mass is 10.1. The number of hydrogen-bond acceptors (Lipinski definition) is 4. The van der Waals surface area contributed by atoms with Gasteiger partial charge in [0.05, 0.1) is 29.0 Å². The zero-order chi connectivity index (χ0) is 19.7. The quantitative estimate of drug-likeness (QED) is 0.373. The van der Waals surface area contributed by atoms with Gasteiger partial charge in [-0.25, -0.2) is 9.69 Å². The number of rotatable bonds is 5. The normalized spacial score (nSPS) is 13.1. The first kappa shape index (κ1) is 17.9. The van der Waals surface area contributed by atoms with Crippen LogP contribution in [0.3, 0.4) is 0 Å². The van der Waals surface area contributed by atoms with E-state index in [1.54, 1.807) is 6.07 Å². The van der Waals surface area contributed by atoms with Gasteiger partial charge in [-0.05, 0) is 47.5 Å². The van der Waals surface area contributed by atoms with Crippen LogP contribution in [0.1, 0.15) is 50.8 Å². The highest BCUT2D eigenvalue weighted by Crippen LogP contribution is 2.31. The average molecular weight is 373 g/mol. The van der Waals surface area contributed by atoms with Crippen LogP contribution in [-0.4, -0.2) is 24.4 Å². The fourth-order valence-electron chi connectivity index (χ4n) is 3.31. The topological polar surface area (TPSA) is 63.7 Å². The molecule has 140 valence electrons. The smallest absolute Gasteiger partial charge is 0.338 e. The fourth-order valence-corrected chi connectivity index (χ4v) is 3.31. The lowest BCUT2D eigenvalue weighted by molar-refractivity contribution is 0.0499. The Kier molecular flexibility index (Phi) is 4.65. The summed E-state index contributed by atoms with van der Waals surface area (Å²) >= 11 is 0. The zero-order valence-electron chi connectivity index (χ0n) is 15.5. The second-order valence-corrected chi connectivity index (χ2v) is 6.73. The molecular weight excluding hydrogens is 354 g/mol. The molecule has 1 aliphatic rings. The van der Waals surface area contributed by atoms with E-state index in [1.807, 2.05) is 43.3 Å². The molecule has 0 aromatic heterocycles. The molecule has 5 nitrogen and oxygen atoms in total. The van der Waals surface area contributed by atoms with Crippen molar-refractivity contribution in [3.63, 3.8) is 0 Å². The molecule has 1 heterocycles. The van der Waals surface area contributed by atoms with E-state index in [-0.39, 0.29) is 17.0 Å². The summed E-state index contributed by atoms with van der Waals surface area (Å²) in [6, 6.07) is 17.7. The molecule has 0 atom stereocenters. The van der Waals surface area contributed by atoms with E-state index in [1.165, 1.54) is 18.2 Å². The third kappa shape index (κ3) is 3.05. The number of benzene rings is 3. The Hall–Kier alpha value is -3.47. The first-order valence-electron chi connectivity index (χ1n) is 9.29. The van der Waals surface area contributed by atoms with E-state index in [2.05, 4.69) is 0 Å². The van der Waals surface area contributed by atoms with Gasteiger partial charge in [0.25, 0.3) is 11.8 Å². The van der Waals surface area contributed by atoms with Crippen LogP contribution < -0.4 is 4.90 Å². The molecule has 0 bridgehead atoms. The summed E-state index contributed by atoms with van der Waals surface area (Å²) in [6.45, 7) is 2.34. The number of carbonyl (C=O) groups is 3. The summed E-state index contributed by atoms with van der Waals surface area (Å²) in [5.41, 5.74) is 1.31. The molecule has 1 aliphatic heterocycles. The van der Waals surface area contributed by atoms with E-state index < -0.39 is 11.9 Å². The van der Waals surface area contributed by atoms with E-state index in [4.69, 9.17) is 4.74 Å². The molecule has 0 radical (unpaired) electrons. The lowest BCUT2D eigenvalue weighted by Gasteiger charge is -2.14. The fraction of sp³-hybridized carbons (Fsp3) is 0.174. The summed E-state index contributed by atoms with van der Waals surface area (Å²) in [4.78, 5) is 39.1. The number of ether oxygens (including phenoxy) is 1. The van der Waals surface area contributed by atoms with Gasteiger partial charge in [-0.2, -0.15) is 0 Å². The molecule has 0 saturated carbocycles. The Balaban J connectivity index is 1.65. The highest BCUT2D eigenvalue weighted by molar-refractivity contribution is 6.35. The molecule has 28 heavy (non-hydrogen) atoms. The minimum atomic E-state index is -0.486. The van der Waals surface area contributed by atoms with Gasteiger partial charge >= 0.3 is 5.97 Å². The number of fused-ring (bicyclic) bond motifs is 2. The summed E-state index contributed by atoms with van der Waals surface area (Å²) in [5.74, 6) is -1.31. The number of esters is 1. The number of carbonyl (C=O) groups excluding carboxylic acids is 3. The SMILES string of the molecule is CCCCOC(=O)c1ccc2c(c1)C(=O)N(c1ccc3ccccc3c1)C2=O. The van der Waals surface area contributed by atoms with Gasteiger partial charge in [-0.1, -0.05) is 43.7 Å². The van der Waals surface area contributed by atoms with Crippen molar-refractivity contribution in [3.05, 3.63) is 77.4 Å². The van der Waals surface area contributed by atoms with E-state index in [0.29, 0.717) is 17.9 Å². The monoisotopic (exact) mass is 373 g/mol. The lowest BCUT2D eigenvalue weighted by Crippen LogP contribution is -2.29. The van der Waals surface area contributed by atoms with E-state index in [0.717, 1.165) is 28.5 Å². The van der Waals surface area contributed by atoms with Crippen LogP contribution in [0.5, 0.6) is 0 Å². The van der Waals surface area contributed by atoms with Gasteiger partial charge in [0.1, 0.15) is 0 Å². The number of hydrogen-bond donors (Lipinski definition) is 0. The number of anilines is 1. The van der Waals surface area contributed by atoms with Crippen molar-refractivity contribution >= 4 is 34.2 Å². The first-order valence-corrected chi connectivity index (χ1v) is 9.29. The zero-order valence-corrected chi connectivity index (χ0v) is 15.5. The third-order valence-corrected chi connectivity index (χ3v) is 4.84. The highest BCUT2D eigenvalue weighted by atomic mass is 16.5. The standard InChI is InChI=1S/C23H19NO4/c1-2-3-12-28-23(27)17-9-11-19-20(14-17)22(26)24(21(19)25)18-10-8-15-6-4-5-7-16(15)13-18/h4-11,13-14H,2-3,12H2,1H3. The summed E-state index contributed by atoms with van der Waals surface area (Å²) in [7, 11) is 0. The number of nitrogens with zero attached hydrogens (tertiary/aromatic N) is 1. The van der Waals surface area contributed by atoms with Crippen molar-refractivity contribution in [2.45, 2.75) is 19.8 Å². The van der Waals surface area contributed by atoms with Crippen LogP contribution in [0.15, 0.2) is 60.7 Å². The van der Waals surface area contributed by atoms with Gasteiger partial charge in [-0.15, -0.1) is 0 Å². The Morgan fingerprint density at radius 3 is 2.43 bits per heavy atom. The van der Waals surface area contributed by atoms with Crippen molar-refractivity contribution in [2.75, 3.05) is 11.5 Å². The maximum atomic E-state index is 12.9. The van der Waals surface area contributed by atoms with Crippen molar-refractivity contribution in [1.29, 1.82) is 0 Å². The maximum absolute atomic E-state index is 12.9. The van der Waals surface area contributed by atoms with Crippen molar-refractivity contribution in [2.24, 2.45) is 0 Å². The Labute approximate surface area is 162 Å². The van der Waals surface area contributed by atoms with E-state index in [9.17, 15) is 14.4 Å². The summed E-state index contributed by atoms with van der Waals surface area (Å²) < 4.78 is 5.20. The Morgan fingerprint density at radius 1 is 0.893 bits per heavy atom. The number of imide groups is 1. The van der Waals surface area contributed by atoms with Gasteiger partial charge in [0.2, 0.25) is 0 Å². The minimum absolute atomic E-state index is 0.225. The number of amides is 2. The van der Waals surface area contributed by atoms with E-state index >= 15 is 0 Å². The maximum Gasteiger partial charge on any atom is 0.338 e. The van der Waals surface area contributed by atoms with Crippen LogP contribution in [-0.2, 0) is 4.74 Å². The predicted molar refractivity (Wildman–Crippen MR) is 107 cm³/mol. The molecule has 0 spiro atoms. The first-order chi connectivity index (χ1) is 13.6. The van der Waals surface area contributed by atoms with Crippen molar-refractivity contribution in [1.82, 2.24) is 0 Å². The molecule has 0 N–H and O–H groups in total. The van der Waals surface area contributed by atoms with Crippen molar-refractivity contribution < 1.29 is 19.1 Å². The average Bonchev–Trinajstić information content (AvgIpc) is 2.97. The molecule has 4 rings (SSSR count). The molecular formula is C23H19NO4. The number of unbranched alkanes of at least 4 members (excludes halogenated alkanes) is 1. The predicted octanol–water partition coefficient (Wildman–Crippen LogP) is 4.60. The largest absolute Gasteiger partial charge is 0.462 e. The molecule has 5 heteroatoms. The third-order valence-electron chi connectivity index (χ3n) is 4.84. The molecule has 3 aromatic rings. The Morgan fingerprint density at radius 2 is 1.64 bits per heavy atom. The minimum Gasteiger partial charge on any atom is -0.462 e. The summed E-state index contributed by atoms with van der Waals surface area (Å²) in [5, 5.41) is 1.97. The van der Waals surface area contributed by atoms with Crippen LogP contribution in [0, 0.1) is 0 Å². The van der Waals surface area contributed by atoms with Gasteiger partial charge in [-0.3, -0.25) is 9.59 Å². The van der Waals surface area contributed by atoms with Gasteiger partial charge < -0.3 is 4.74 Å².